The molecule has 0 saturated heterocycles. The second-order valence-corrected chi connectivity index (χ2v) is 4.32. The molecule has 4 heteroatoms. The SMILES string of the molecule is CCCc1nn(-c2ccc(C)cc2)c(N)c1C#N. The average Bonchev–Trinajstić information content (AvgIpc) is 2.67. The zero-order valence-corrected chi connectivity index (χ0v) is 10.6. The van der Waals surface area contributed by atoms with Gasteiger partial charge in [0.25, 0.3) is 0 Å². The van der Waals surface area contributed by atoms with E-state index < -0.39 is 0 Å². The smallest absolute Gasteiger partial charge is 0.145 e. The molecule has 2 aromatic rings. The summed E-state index contributed by atoms with van der Waals surface area (Å²) >= 11 is 0. The number of hydrogen-bond donors (Lipinski definition) is 1. The number of nitrogens with zero attached hydrogens (tertiary/aromatic N) is 3. The molecule has 0 fully saturated rings. The highest BCUT2D eigenvalue weighted by Gasteiger charge is 2.15. The maximum atomic E-state index is 9.15. The van der Waals surface area contributed by atoms with E-state index in [1.54, 1.807) is 4.68 Å². The van der Waals surface area contributed by atoms with Gasteiger partial charge in [-0.05, 0) is 25.5 Å². The lowest BCUT2D eigenvalue weighted by molar-refractivity contribution is 0.810. The quantitative estimate of drug-likeness (QED) is 0.896. The Bertz CT molecular complexity index is 587. The van der Waals surface area contributed by atoms with Crippen molar-refractivity contribution in [2.75, 3.05) is 5.73 Å². The van der Waals surface area contributed by atoms with Crippen molar-refractivity contribution in [2.45, 2.75) is 26.7 Å². The molecule has 1 aromatic heterocycles. The third kappa shape index (κ3) is 2.07. The van der Waals surface area contributed by atoms with Crippen molar-refractivity contribution in [3.8, 4) is 11.8 Å². The Labute approximate surface area is 107 Å². The Morgan fingerprint density at radius 2 is 2.00 bits per heavy atom. The lowest BCUT2D eigenvalue weighted by atomic mass is 10.2. The van der Waals surface area contributed by atoms with E-state index in [2.05, 4.69) is 18.1 Å². The van der Waals surface area contributed by atoms with Crippen LogP contribution in [-0.4, -0.2) is 9.78 Å². The molecule has 0 aliphatic heterocycles. The molecular formula is C14H16N4. The van der Waals surface area contributed by atoms with Gasteiger partial charge in [-0.1, -0.05) is 31.0 Å². The predicted molar refractivity (Wildman–Crippen MR) is 71.4 cm³/mol. The van der Waals surface area contributed by atoms with Gasteiger partial charge in [-0.3, -0.25) is 0 Å². The second-order valence-electron chi connectivity index (χ2n) is 4.32. The molecule has 0 saturated carbocycles. The summed E-state index contributed by atoms with van der Waals surface area (Å²) in [6.45, 7) is 4.09. The van der Waals surface area contributed by atoms with Gasteiger partial charge in [0.1, 0.15) is 17.5 Å². The molecule has 18 heavy (non-hydrogen) atoms. The third-order valence-electron chi connectivity index (χ3n) is 2.87. The van der Waals surface area contributed by atoms with Crippen LogP contribution in [0.4, 0.5) is 5.82 Å². The molecule has 1 heterocycles. The zero-order chi connectivity index (χ0) is 13.1. The highest BCUT2D eigenvalue weighted by Crippen LogP contribution is 2.21. The second kappa shape index (κ2) is 4.92. The highest BCUT2D eigenvalue weighted by atomic mass is 15.3. The largest absolute Gasteiger partial charge is 0.382 e. The Hall–Kier alpha value is -2.28. The van der Waals surface area contributed by atoms with Gasteiger partial charge in [-0.2, -0.15) is 10.4 Å². The van der Waals surface area contributed by atoms with E-state index in [4.69, 9.17) is 11.0 Å². The van der Waals surface area contributed by atoms with Gasteiger partial charge in [0.05, 0.1) is 11.4 Å². The Morgan fingerprint density at radius 3 is 2.56 bits per heavy atom. The van der Waals surface area contributed by atoms with E-state index in [-0.39, 0.29) is 0 Å². The minimum atomic E-state index is 0.421. The van der Waals surface area contributed by atoms with Crippen molar-refractivity contribution >= 4 is 5.82 Å². The fourth-order valence-electron chi connectivity index (χ4n) is 1.89. The maximum Gasteiger partial charge on any atom is 0.145 e. The maximum absolute atomic E-state index is 9.15. The van der Waals surface area contributed by atoms with Crippen LogP contribution in [0.3, 0.4) is 0 Å². The highest BCUT2D eigenvalue weighted by molar-refractivity contribution is 5.56. The molecule has 4 nitrogen and oxygen atoms in total. The van der Waals surface area contributed by atoms with Gasteiger partial charge >= 0.3 is 0 Å². The molecule has 0 aliphatic rings. The molecule has 0 spiro atoms. The molecule has 0 atom stereocenters. The summed E-state index contributed by atoms with van der Waals surface area (Å²) in [7, 11) is 0. The van der Waals surface area contributed by atoms with Crippen molar-refractivity contribution in [3.63, 3.8) is 0 Å². The first kappa shape index (κ1) is 12.2. The van der Waals surface area contributed by atoms with Gasteiger partial charge in [-0.15, -0.1) is 0 Å². The summed E-state index contributed by atoms with van der Waals surface area (Å²) in [5, 5.41) is 13.6. The van der Waals surface area contributed by atoms with Crippen LogP contribution in [0.1, 0.15) is 30.2 Å². The number of hydrogen-bond acceptors (Lipinski definition) is 3. The normalized spacial score (nSPS) is 10.3. The number of anilines is 1. The number of nitrogens with two attached hydrogens (primary N) is 1. The molecular weight excluding hydrogens is 224 g/mol. The summed E-state index contributed by atoms with van der Waals surface area (Å²) in [4.78, 5) is 0. The standard InChI is InChI=1S/C14H16N4/c1-3-4-13-12(9-15)14(16)18(17-13)11-7-5-10(2)6-8-11/h5-8H,3-4,16H2,1-2H3. The van der Waals surface area contributed by atoms with Crippen molar-refractivity contribution in [3.05, 3.63) is 41.1 Å². The summed E-state index contributed by atoms with van der Waals surface area (Å²) in [5.74, 6) is 0.421. The van der Waals surface area contributed by atoms with E-state index in [9.17, 15) is 0 Å². The summed E-state index contributed by atoms with van der Waals surface area (Å²) in [6.07, 6.45) is 1.71. The van der Waals surface area contributed by atoms with Crippen molar-refractivity contribution in [1.82, 2.24) is 9.78 Å². The van der Waals surface area contributed by atoms with Gasteiger partial charge in [0, 0.05) is 0 Å². The van der Waals surface area contributed by atoms with Crippen molar-refractivity contribution < 1.29 is 0 Å². The monoisotopic (exact) mass is 240 g/mol. The van der Waals surface area contributed by atoms with Crippen LogP contribution in [0.5, 0.6) is 0 Å². The van der Waals surface area contributed by atoms with Crippen molar-refractivity contribution in [2.24, 2.45) is 0 Å². The number of nitrogen functional groups attached to an aromatic ring is 1. The summed E-state index contributed by atoms with van der Waals surface area (Å²) < 4.78 is 1.64. The molecule has 0 bridgehead atoms. The Morgan fingerprint density at radius 1 is 1.33 bits per heavy atom. The molecule has 1 aromatic carbocycles. The average molecular weight is 240 g/mol. The minimum Gasteiger partial charge on any atom is -0.382 e. The van der Waals surface area contributed by atoms with E-state index in [1.165, 1.54) is 5.56 Å². The Kier molecular flexibility index (Phi) is 3.33. The van der Waals surface area contributed by atoms with E-state index >= 15 is 0 Å². The molecule has 0 aliphatic carbocycles. The van der Waals surface area contributed by atoms with Crippen LogP contribution in [0.25, 0.3) is 5.69 Å². The van der Waals surface area contributed by atoms with Crippen LogP contribution in [-0.2, 0) is 6.42 Å². The first-order chi connectivity index (χ1) is 8.67. The van der Waals surface area contributed by atoms with Gasteiger partial charge < -0.3 is 5.73 Å². The molecule has 0 unspecified atom stereocenters. The van der Waals surface area contributed by atoms with Crippen molar-refractivity contribution in [1.29, 1.82) is 5.26 Å². The van der Waals surface area contributed by atoms with Crippen LogP contribution in [0.15, 0.2) is 24.3 Å². The lowest BCUT2D eigenvalue weighted by Gasteiger charge is -2.03. The predicted octanol–water partition coefficient (Wildman–Crippen LogP) is 2.59. The minimum absolute atomic E-state index is 0.421. The number of aryl methyl sites for hydroxylation is 2. The van der Waals surface area contributed by atoms with Crippen LogP contribution < -0.4 is 5.73 Å². The van der Waals surface area contributed by atoms with Crippen LogP contribution in [0, 0.1) is 18.3 Å². The first-order valence-electron chi connectivity index (χ1n) is 6.02. The van der Waals surface area contributed by atoms with Gasteiger partial charge in [0.15, 0.2) is 0 Å². The fourth-order valence-corrected chi connectivity index (χ4v) is 1.89. The third-order valence-corrected chi connectivity index (χ3v) is 2.87. The Balaban J connectivity index is 2.52. The zero-order valence-electron chi connectivity index (χ0n) is 10.6. The molecule has 2 rings (SSSR count). The van der Waals surface area contributed by atoms with Gasteiger partial charge in [-0.25, -0.2) is 4.68 Å². The molecule has 2 N–H and O–H groups in total. The van der Waals surface area contributed by atoms with E-state index in [0.29, 0.717) is 11.4 Å². The van der Waals surface area contributed by atoms with Crippen LogP contribution >= 0.6 is 0 Å². The molecule has 0 radical (unpaired) electrons. The fraction of sp³-hybridized carbons (Fsp3) is 0.286. The topological polar surface area (TPSA) is 67.6 Å². The number of nitriles is 1. The summed E-state index contributed by atoms with van der Waals surface area (Å²) in [5.41, 5.74) is 9.33. The molecule has 0 amide bonds. The van der Waals surface area contributed by atoms with E-state index in [0.717, 1.165) is 24.2 Å². The van der Waals surface area contributed by atoms with Gasteiger partial charge in [0.2, 0.25) is 0 Å². The summed E-state index contributed by atoms with van der Waals surface area (Å²) in [6, 6.07) is 10.1. The first-order valence-corrected chi connectivity index (χ1v) is 6.02. The molecule has 92 valence electrons. The van der Waals surface area contributed by atoms with E-state index in [1.807, 2.05) is 31.2 Å². The number of benzene rings is 1. The van der Waals surface area contributed by atoms with Crippen LogP contribution in [0.2, 0.25) is 0 Å². The lowest BCUT2D eigenvalue weighted by Crippen LogP contribution is -2.02. The number of rotatable bonds is 3. The number of aromatic nitrogens is 2.